The molecule has 1 amide bonds. The fourth-order valence-corrected chi connectivity index (χ4v) is 3.27. The van der Waals surface area contributed by atoms with Crippen LogP contribution in [0, 0.1) is 11.8 Å². The second kappa shape index (κ2) is 7.65. The van der Waals surface area contributed by atoms with Gasteiger partial charge in [-0.15, -0.1) is 12.4 Å². The minimum absolute atomic E-state index is 0. The molecule has 5 heteroatoms. The molecule has 0 spiro atoms. The second-order valence-corrected chi connectivity index (χ2v) is 7.00. The van der Waals surface area contributed by atoms with Crippen molar-refractivity contribution in [1.29, 1.82) is 0 Å². The molecular formula is C18H27ClN2O2. The van der Waals surface area contributed by atoms with Crippen LogP contribution < -0.4 is 10.6 Å². The minimum Gasteiger partial charge on any atom is -0.391 e. The van der Waals surface area contributed by atoms with E-state index < -0.39 is 0 Å². The van der Waals surface area contributed by atoms with Crippen LogP contribution in [0.5, 0.6) is 0 Å². The number of carbonyl (C=O) groups is 1. The first kappa shape index (κ1) is 18.2. The van der Waals surface area contributed by atoms with E-state index in [-0.39, 0.29) is 36.3 Å². The molecule has 3 rings (SSSR count). The number of amides is 1. The number of hydrogen-bond donors (Lipinski definition) is 3. The first-order valence-corrected chi connectivity index (χ1v) is 8.32. The smallest absolute Gasteiger partial charge is 0.223 e. The molecule has 0 bridgehead atoms. The van der Waals surface area contributed by atoms with Gasteiger partial charge in [0.15, 0.2) is 0 Å². The molecule has 1 saturated heterocycles. The van der Waals surface area contributed by atoms with Crippen LogP contribution in [-0.2, 0) is 4.79 Å². The number of hydrogen-bond acceptors (Lipinski definition) is 3. The van der Waals surface area contributed by atoms with E-state index in [1.807, 2.05) is 0 Å². The first-order chi connectivity index (χ1) is 10.6. The standard InChI is InChI=1S/C18H26N2O2.ClH/c1-11(2)12-3-5-13(6-4-12)15-7-16(15)18(22)20-9-14-8-19-10-17(14)21;/h3-6,11,14-17,19,21H,7-10H2,1-2H3,(H,20,22);1H. The van der Waals surface area contributed by atoms with E-state index in [1.54, 1.807) is 0 Å². The van der Waals surface area contributed by atoms with E-state index >= 15 is 0 Å². The molecule has 3 N–H and O–H groups in total. The molecule has 0 aromatic heterocycles. The first-order valence-electron chi connectivity index (χ1n) is 8.32. The van der Waals surface area contributed by atoms with E-state index in [0.29, 0.717) is 24.9 Å². The lowest BCUT2D eigenvalue weighted by molar-refractivity contribution is -0.122. The maximum atomic E-state index is 12.2. The summed E-state index contributed by atoms with van der Waals surface area (Å²) in [6.45, 7) is 6.37. The van der Waals surface area contributed by atoms with Crippen molar-refractivity contribution >= 4 is 18.3 Å². The quantitative estimate of drug-likeness (QED) is 0.770. The molecule has 1 aliphatic carbocycles. The van der Waals surface area contributed by atoms with Crippen molar-refractivity contribution in [2.75, 3.05) is 19.6 Å². The molecule has 23 heavy (non-hydrogen) atoms. The van der Waals surface area contributed by atoms with Crippen molar-refractivity contribution in [3.8, 4) is 0 Å². The highest BCUT2D eigenvalue weighted by molar-refractivity contribution is 5.85. The maximum absolute atomic E-state index is 12.2. The van der Waals surface area contributed by atoms with Crippen LogP contribution in [0.2, 0.25) is 0 Å². The molecule has 4 atom stereocenters. The van der Waals surface area contributed by atoms with Gasteiger partial charge in [0.2, 0.25) is 5.91 Å². The van der Waals surface area contributed by atoms with Gasteiger partial charge >= 0.3 is 0 Å². The molecular weight excluding hydrogens is 312 g/mol. The van der Waals surface area contributed by atoms with E-state index in [0.717, 1.165) is 13.0 Å². The lowest BCUT2D eigenvalue weighted by Gasteiger charge is -2.14. The Bertz CT molecular complexity index is 532. The number of carbonyl (C=O) groups excluding carboxylic acids is 1. The van der Waals surface area contributed by atoms with Crippen molar-refractivity contribution in [3.63, 3.8) is 0 Å². The summed E-state index contributed by atoms with van der Waals surface area (Å²) in [4.78, 5) is 12.2. The number of aliphatic hydroxyl groups excluding tert-OH is 1. The zero-order valence-electron chi connectivity index (χ0n) is 13.8. The van der Waals surface area contributed by atoms with Gasteiger partial charge in [-0.1, -0.05) is 38.1 Å². The Kier molecular flexibility index (Phi) is 6.06. The van der Waals surface area contributed by atoms with E-state index in [4.69, 9.17) is 0 Å². The summed E-state index contributed by atoms with van der Waals surface area (Å²) >= 11 is 0. The Balaban J connectivity index is 0.00000192. The Hall–Kier alpha value is -1.10. The normalized spacial score (nSPS) is 29.2. The van der Waals surface area contributed by atoms with Gasteiger partial charge in [0.25, 0.3) is 0 Å². The third kappa shape index (κ3) is 4.25. The predicted molar refractivity (Wildman–Crippen MR) is 94.0 cm³/mol. The summed E-state index contributed by atoms with van der Waals surface area (Å²) in [5.74, 6) is 1.30. The fraction of sp³-hybridized carbons (Fsp3) is 0.611. The Morgan fingerprint density at radius 3 is 2.57 bits per heavy atom. The zero-order valence-corrected chi connectivity index (χ0v) is 14.6. The van der Waals surface area contributed by atoms with Crippen LogP contribution in [-0.4, -0.2) is 36.8 Å². The van der Waals surface area contributed by atoms with Crippen LogP contribution in [0.15, 0.2) is 24.3 Å². The van der Waals surface area contributed by atoms with Crippen LogP contribution in [0.4, 0.5) is 0 Å². The third-order valence-corrected chi connectivity index (χ3v) is 5.00. The van der Waals surface area contributed by atoms with Gasteiger partial charge in [-0.2, -0.15) is 0 Å². The second-order valence-electron chi connectivity index (χ2n) is 7.00. The number of halogens is 1. The average Bonchev–Trinajstić information content (AvgIpc) is 3.21. The van der Waals surface area contributed by atoms with Crippen LogP contribution >= 0.6 is 12.4 Å². The van der Waals surface area contributed by atoms with Gasteiger partial charge in [0.05, 0.1) is 6.10 Å². The molecule has 128 valence electrons. The number of nitrogens with one attached hydrogen (secondary N) is 2. The van der Waals surface area contributed by atoms with Gasteiger partial charge < -0.3 is 15.7 Å². The lowest BCUT2D eigenvalue weighted by Crippen LogP contribution is -2.35. The summed E-state index contributed by atoms with van der Waals surface area (Å²) in [5.41, 5.74) is 2.61. The molecule has 0 radical (unpaired) electrons. The summed E-state index contributed by atoms with van der Waals surface area (Å²) in [6.07, 6.45) is 0.608. The zero-order chi connectivity index (χ0) is 15.7. The number of aliphatic hydroxyl groups is 1. The molecule has 2 fully saturated rings. The maximum Gasteiger partial charge on any atom is 0.223 e. The highest BCUT2D eigenvalue weighted by atomic mass is 35.5. The van der Waals surface area contributed by atoms with Gasteiger partial charge in [0, 0.05) is 31.5 Å². The van der Waals surface area contributed by atoms with Crippen molar-refractivity contribution < 1.29 is 9.90 Å². The monoisotopic (exact) mass is 338 g/mol. The molecule has 1 aliphatic heterocycles. The summed E-state index contributed by atoms with van der Waals surface area (Å²) in [5, 5.41) is 15.9. The Labute approximate surface area is 144 Å². The molecule has 4 nitrogen and oxygen atoms in total. The van der Waals surface area contributed by atoms with Gasteiger partial charge in [-0.05, 0) is 29.4 Å². The molecule has 1 heterocycles. The van der Waals surface area contributed by atoms with Crippen LogP contribution in [0.25, 0.3) is 0 Å². The van der Waals surface area contributed by atoms with E-state index in [2.05, 4.69) is 48.7 Å². The van der Waals surface area contributed by atoms with E-state index in [1.165, 1.54) is 11.1 Å². The number of rotatable bonds is 5. The molecule has 2 aliphatic rings. The van der Waals surface area contributed by atoms with Crippen LogP contribution in [0.1, 0.15) is 43.2 Å². The van der Waals surface area contributed by atoms with Gasteiger partial charge in [-0.3, -0.25) is 4.79 Å². The third-order valence-electron chi connectivity index (χ3n) is 5.00. The topological polar surface area (TPSA) is 61.4 Å². The highest BCUT2D eigenvalue weighted by Gasteiger charge is 2.44. The summed E-state index contributed by atoms with van der Waals surface area (Å²) in [6, 6.07) is 8.68. The Morgan fingerprint density at radius 1 is 1.30 bits per heavy atom. The van der Waals surface area contributed by atoms with Crippen molar-refractivity contribution in [2.24, 2.45) is 11.8 Å². The van der Waals surface area contributed by atoms with Crippen molar-refractivity contribution in [3.05, 3.63) is 35.4 Å². The predicted octanol–water partition coefficient (Wildman–Crippen LogP) is 2.03. The van der Waals surface area contributed by atoms with Crippen LogP contribution in [0.3, 0.4) is 0 Å². The summed E-state index contributed by atoms with van der Waals surface area (Å²) in [7, 11) is 0. The SMILES string of the molecule is CC(C)c1ccc(C2CC2C(=O)NCC2CNCC2O)cc1.Cl. The Morgan fingerprint density at radius 2 is 2.00 bits per heavy atom. The minimum atomic E-state index is -0.334. The highest BCUT2D eigenvalue weighted by Crippen LogP contribution is 2.47. The fourth-order valence-electron chi connectivity index (χ4n) is 3.27. The largest absolute Gasteiger partial charge is 0.391 e. The average molecular weight is 339 g/mol. The van der Waals surface area contributed by atoms with Gasteiger partial charge in [0.1, 0.15) is 0 Å². The van der Waals surface area contributed by atoms with Crippen molar-refractivity contribution in [1.82, 2.24) is 10.6 Å². The number of β-amino-alcohol motifs (C(OH)–C–C–N with tert-alkyl or cyclic N) is 1. The van der Waals surface area contributed by atoms with Crippen molar-refractivity contribution in [2.45, 2.75) is 38.2 Å². The van der Waals surface area contributed by atoms with E-state index in [9.17, 15) is 9.90 Å². The molecule has 1 aromatic carbocycles. The molecule has 4 unspecified atom stereocenters. The summed E-state index contributed by atoms with van der Waals surface area (Å²) < 4.78 is 0. The molecule has 1 aromatic rings. The van der Waals surface area contributed by atoms with Gasteiger partial charge in [-0.25, -0.2) is 0 Å². The molecule has 1 saturated carbocycles. The lowest BCUT2D eigenvalue weighted by atomic mass is 10.00. The number of benzene rings is 1.